The number of benzene rings is 1. The quantitative estimate of drug-likeness (QED) is 0.855. The van der Waals surface area contributed by atoms with E-state index in [9.17, 15) is 9.90 Å². The maximum atomic E-state index is 12.0. The number of rotatable bonds is 5. The second-order valence-electron chi connectivity index (χ2n) is 5.39. The fraction of sp³-hybridized carbons (Fsp3) is 0.562. The molecular weight excluding hydrogens is 238 g/mol. The van der Waals surface area contributed by atoms with Gasteiger partial charge in [-0.25, -0.2) is 0 Å². The van der Waals surface area contributed by atoms with Crippen molar-refractivity contribution >= 4 is 11.6 Å². The molecule has 104 valence electrons. The second kappa shape index (κ2) is 6.71. The van der Waals surface area contributed by atoms with E-state index in [4.69, 9.17) is 0 Å². The van der Waals surface area contributed by atoms with Crippen LogP contribution in [0.15, 0.2) is 24.3 Å². The number of hydrogen-bond donors (Lipinski definition) is 2. The Morgan fingerprint density at radius 1 is 1.32 bits per heavy atom. The van der Waals surface area contributed by atoms with Crippen LogP contribution in [0.5, 0.6) is 0 Å². The minimum absolute atomic E-state index is 0.0497. The summed E-state index contributed by atoms with van der Waals surface area (Å²) in [6, 6.07) is 8.03. The zero-order valence-corrected chi connectivity index (χ0v) is 11.6. The Morgan fingerprint density at radius 2 is 2.05 bits per heavy atom. The van der Waals surface area contributed by atoms with Crippen molar-refractivity contribution < 1.29 is 9.90 Å². The Bertz CT molecular complexity index is 413. The molecule has 19 heavy (non-hydrogen) atoms. The van der Waals surface area contributed by atoms with Crippen LogP contribution in [0, 0.1) is 5.92 Å². The molecule has 2 rings (SSSR count). The lowest BCUT2D eigenvalue weighted by molar-refractivity contribution is -0.122. The predicted octanol–water partition coefficient (Wildman–Crippen LogP) is 3.13. The molecule has 1 fully saturated rings. The van der Waals surface area contributed by atoms with Crippen LogP contribution >= 0.6 is 0 Å². The topological polar surface area (TPSA) is 49.3 Å². The Kier molecular flexibility index (Phi) is 4.97. The molecule has 0 heterocycles. The van der Waals surface area contributed by atoms with Gasteiger partial charge in [0.2, 0.25) is 5.91 Å². The molecule has 1 aromatic carbocycles. The van der Waals surface area contributed by atoms with Gasteiger partial charge in [0.1, 0.15) is 0 Å². The van der Waals surface area contributed by atoms with Gasteiger partial charge >= 0.3 is 0 Å². The third-order valence-corrected chi connectivity index (χ3v) is 3.86. The van der Waals surface area contributed by atoms with Crippen LogP contribution in [0.2, 0.25) is 0 Å². The maximum Gasteiger partial charge on any atom is 0.230 e. The summed E-state index contributed by atoms with van der Waals surface area (Å²) >= 11 is 0. The third-order valence-electron chi connectivity index (χ3n) is 3.86. The van der Waals surface area contributed by atoms with Crippen LogP contribution in [0.3, 0.4) is 0 Å². The summed E-state index contributed by atoms with van der Waals surface area (Å²) in [6.07, 6.45) is 5.48. The Balaban J connectivity index is 1.90. The second-order valence-corrected chi connectivity index (χ2v) is 5.39. The molecule has 2 atom stereocenters. The lowest BCUT2D eigenvalue weighted by atomic mass is 10.0. The molecule has 1 aliphatic rings. The predicted molar refractivity (Wildman–Crippen MR) is 77.0 cm³/mol. The molecule has 1 saturated carbocycles. The molecule has 0 aliphatic heterocycles. The first kappa shape index (κ1) is 14.1. The van der Waals surface area contributed by atoms with Crippen molar-refractivity contribution in [2.45, 2.75) is 51.6 Å². The molecule has 0 bridgehead atoms. The normalized spacial score (nSPS) is 22.4. The molecular formula is C16H23NO2. The first-order valence-corrected chi connectivity index (χ1v) is 7.28. The number of unbranched alkanes of at least 4 members (excludes halogenated alkanes) is 1. The van der Waals surface area contributed by atoms with E-state index in [2.05, 4.69) is 24.4 Å². The van der Waals surface area contributed by atoms with E-state index in [1.165, 1.54) is 18.4 Å². The van der Waals surface area contributed by atoms with Crippen molar-refractivity contribution in [3.63, 3.8) is 0 Å². The summed E-state index contributed by atoms with van der Waals surface area (Å²) in [5.41, 5.74) is 2.13. The maximum absolute atomic E-state index is 12.0. The highest BCUT2D eigenvalue weighted by molar-refractivity contribution is 5.93. The van der Waals surface area contributed by atoms with Crippen molar-refractivity contribution in [3.8, 4) is 0 Å². The van der Waals surface area contributed by atoms with Crippen molar-refractivity contribution in [1.29, 1.82) is 0 Å². The van der Waals surface area contributed by atoms with E-state index < -0.39 is 6.10 Å². The molecule has 3 heteroatoms. The highest BCUT2D eigenvalue weighted by Gasteiger charge is 2.31. The third kappa shape index (κ3) is 3.80. The summed E-state index contributed by atoms with van der Waals surface area (Å²) in [5.74, 6) is -0.286. The van der Waals surface area contributed by atoms with Crippen molar-refractivity contribution in [1.82, 2.24) is 0 Å². The first-order chi connectivity index (χ1) is 9.20. The van der Waals surface area contributed by atoms with Crippen LogP contribution < -0.4 is 5.32 Å². The van der Waals surface area contributed by atoms with Gasteiger partial charge in [-0.1, -0.05) is 25.5 Å². The molecule has 0 spiro atoms. The molecule has 0 saturated heterocycles. The number of anilines is 1. The van der Waals surface area contributed by atoms with Crippen LogP contribution in [-0.2, 0) is 11.2 Å². The minimum atomic E-state index is -0.469. The number of nitrogens with one attached hydrogen (secondary N) is 1. The number of amides is 1. The molecule has 1 amide bonds. The van der Waals surface area contributed by atoms with E-state index >= 15 is 0 Å². The van der Waals surface area contributed by atoms with E-state index in [0.29, 0.717) is 0 Å². The summed E-state index contributed by atoms with van der Waals surface area (Å²) in [5, 5.41) is 12.6. The summed E-state index contributed by atoms with van der Waals surface area (Å²) < 4.78 is 0. The summed E-state index contributed by atoms with van der Waals surface area (Å²) in [6.45, 7) is 2.18. The van der Waals surface area contributed by atoms with Gasteiger partial charge in [0.25, 0.3) is 0 Å². The van der Waals surface area contributed by atoms with Gasteiger partial charge in [-0.3, -0.25) is 4.79 Å². The van der Waals surface area contributed by atoms with Gasteiger partial charge in [0.15, 0.2) is 0 Å². The number of aliphatic hydroxyl groups excluding tert-OH is 1. The lowest BCUT2D eigenvalue weighted by Crippen LogP contribution is -2.28. The molecule has 2 unspecified atom stereocenters. The lowest BCUT2D eigenvalue weighted by Gasteiger charge is -2.14. The molecule has 0 radical (unpaired) electrons. The molecule has 0 aromatic heterocycles. The molecule has 1 aliphatic carbocycles. The summed E-state index contributed by atoms with van der Waals surface area (Å²) in [7, 11) is 0. The molecule has 3 nitrogen and oxygen atoms in total. The summed E-state index contributed by atoms with van der Waals surface area (Å²) in [4.78, 5) is 12.0. The first-order valence-electron chi connectivity index (χ1n) is 7.28. The average molecular weight is 261 g/mol. The van der Waals surface area contributed by atoms with Gasteiger partial charge < -0.3 is 10.4 Å². The van der Waals surface area contributed by atoms with Crippen molar-refractivity contribution in [2.24, 2.45) is 5.92 Å². The number of hydrogen-bond acceptors (Lipinski definition) is 2. The SMILES string of the molecule is CCCCc1ccc(NC(=O)C2CCCC2O)cc1. The minimum Gasteiger partial charge on any atom is -0.392 e. The molecule has 2 N–H and O–H groups in total. The Hall–Kier alpha value is -1.35. The van der Waals surface area contributed by atoms with E-state index in [1.54, 1.807) is 0 Å². The largest absolute Gasteiger partial charge is 0.392 e. The van der Waals surface area contributed by atoms with Gasteiger partial charge in [0, 0.05) is 5.69 Å². The van der Waals surface area contributed by atoms with Crippen LogP contribution in [-0.4, -0.2) is 17.1 Å². The van der Waals surface area contributed by atoms with Crippen LogP contribution in [0.4, 0.5) is 5.69 Å². The highest BCUT2D eigenvalue weighted by Crippen LogP contribution is 2.26. The Labute approximate surface area is 115 Å². The number of aryl methyl sites for hydroxylation is 1. The average Bonchev–Trinajstić information content (AvgIpc) is 2.84. The van der Waals surface area contributed by atoms with Gasteiger partial charge in [-0.15, -0.1) is 0 Å². The van der Waals surface area contributed by atoms with Crippen LogP contribution in [0.1, 0.15) is 44.6 Å². The van der Waals surface area contributed by atoms with E-state index in [0.717, 1.165) is 31.4 Å². The van der Waals surface area contributed by atoms with Gasteiger partial charge in [-0.05, 0) is 49.8 Å². The Morgan fingerprint density at radius 3 is 2.63 bits per heavy atom. The van der Waals surface area contributed by atoms with Crippen LogP contribution in [0.25, 0.3) is 0 Å². The smallest absolute Gasteiger partial charge is 0.230 e. The molecule has 1 aromatic rings. The van der Waals surface area contributed by atoms with E-state index in [1.807, 2.05) is 12.1 Å². The zero-order valence-electron chi connectivity index (χ0n) is 11.6. The van der Waals surface area contributed by atoms with Gasteiger partial charge in [-0.2, -0.15) is 0 Å². The zero-order chi connectivity index (χ0) is 13.7. The monoisotopic (exact) mass is 261 g/mol. The van der Waals surface area contributed by atoms with Crippen molar-refractivity contribution in [3.05, 3.63) is 29.8 Å². The fourth-order valence-electron chi connectivity index (χ4n) is 2.62. The fourth-order valence-corrected chi connectivity index (χ4v) is 2.62. The number of aliphatic hydroxyl groups is 1. The standard InChI is InChI=1S/C16H23NO2/c1-2-3-5-12-8-10-13(11-9-12)17-16(19)14-6-4-7-15(14)18/h8-11,14-15,18H,2-7H2,1H3,(H,17,19). The van der Waals surface area contributed by atoms with E-state index in [-0.39, 0.29) is 11.8 Å². The van der Waals surface area contributed by atoms with Crippen molar-refractivity contribution in [2.75, 3.05) is 5.32 Å². The number of carbonyl (C=O) groups excluding carboxylic acids is 1. The highest BCUT2D eigenvalue weighted by atomic mass is 16.3. The van der Waals surface area contributed by atoms with Gasteiger partial charge in [0.05, 0.1) is 12.0 Å². The number of carbonyl (C=O) groups is 1.